The Bertz CT molecular complexity index is 1190. The van der Waals surface area contributed by atoms with E-state index in [1.54, 1.807) is 42.7 Å². The topological polar surface area (TPSA) is 88.5 Å². The van der Waals surface area contributed by atoms with Crippen LogP contribution in [0.1, 0.15) is 21.8 Å². The lowest BCUT2D eigenvalue weighted by Crippen LogP contribution is -2.03. The van der Waals surface area contributed by atoms with E-state index >= 15 is 0 Å². The summed E-state index contributed by atoms with van der Waals surface area (Å²) in [6.07, 6.45) is 0. The third-order valence-corrected chi connectivity index (χ3v) is 4.55. The molecule has 4 aromatic rings. The minimum atomic E-state index is -1.11. The number of aryl methyl sites for hydroxylation is 2. The molecule has 7 heteroatoms. The number of nitrogens with zero attached hydrogens (tertiary/aromatic N) is 2. The van der Waals surface area contributed by atoms with Crippen molar-refractivity contribution < 1.29 is 23.9 Å². The normalized spacial score (nSPS) is 11.2. The number of aromatic hydroxyl groups is 1. The van der Waals surface area contributed by atoms with E-state index in [9.17, 15) is 19.4 Å². The van der Waals surface area contributed by atoms with E-state index < -0.39 is 17.5 Å². The summed E-state index contributed by atoms with van der Waals surface area (Å²) in [6, 6.07) is 10.9. The van der Waals surface area contributed by atoms with Gasteiger partial charge in [0.2, 0.25) is 0 Å². The number of rotatable bonds is 3. The predicted octanol–water partition coefficient (Wildman–Crippen LogP) is 4.45. The van der Waals surface area contributed by atoms with E-state index in [4.69, 9.17) is 4.52 Å². The molecule has 0 spiro atoms. The monoisotopic (exact) mass is 366 g/mol. The number of halogens is 1. The Labute approximate surface area is 153 Å². The van der Waals surface area contributed by atoms with Gasteiger partial charge in [-0.1, -0.05) is 23.4 Å². The highest BCUT2D eigenvalue weighted by Crippen LogP contribution is 2.39. The Morgan fingerprint density at radius 3 is 2.56 bits per heavy atom. The Kier molecular flexibility index (Phi) is 3.73. The number of phenols is 1. The highest BCUT2D eigenvalue weighted by atomic mass is 19.1. The summed E-state index contributed by atoms with van der Waals surface area (Å²) in [4.78, 5) is 12.1. The van der Waals surface area contributed by atoms with E-state index in [1.165, 1.54) is 12.1 Å². The third kappa shape index (κ3) is 2.47. The largest absolute Gasteiger partial charge is 0.505 e. The zero-order valence-electron chi connectivity index (χ0n) is 14.5. The van der Waals surface area contributed by atoms with Crippen molar-refractivity contribution in [2.45, 2.75) is 13.8 Å². The number of aromatic nitrogens is 2. The summed E-state index contributed by atoms with van der Waals surface area (Å²) in [6.45, 7) is 3.41. The fourth-order valence-electron chi connectivity index (χ4n) is 3.42. The quantitative estimate of drug-likeness (QED) is 0.559. The molecule has 0 amide bonds. The molecule has 0 atom stereocenters. The molecule has 6 nitrogen and oxygen atoms in total. The van der Waals surface area contributed by atoms with Crippen LogP contribution in [0.2, 0.25) is 0 Å². The number of phenolic OH excluding ortho intramolecular Hbond substituents is 1. The summed E-state index contributed by atoms with van der Waals surface area (Å²) < 4.78 is 20.9. The first-order chi connectivity index (χ1) is 12.9. The lowest BCUT2D eigenvalue weighted by atomic mass is 10.0. The molecule has 0 aliphatic carbocycles. The molecule has 2 N–H and O–H groups in total. The number of benzene rings is 2. The lowest BCUT2D eigenvalue weighted by Gasteiger charge is -2.12. The van der Waals surface area contributed by atoms with E-state index in [2.05, 4.69) is 5.16 Å². The summed E-state index contributed by atoms with van der Waals surface area (Å²) in [5, 5.41) is 23.9. The standard InChI is InChI=1S/C20H15FN2O4/c1-10-17(11(2)27-22-10)19-18(20(25)26)13-5-3-4-6-15(13)23(19)12-7-8-16(24)14(21)9-12/h3-9,24H,1-2H3,(H,25,26). The molecule has 0 saturated carbocycles. The van der Waals surface area contributed by atoms with E-state index in [0.29, 0.717) is 39.3 Å². The Morgan fingerprint density at radius 2 is 1.93 bits per heavy atom. The smallest absolute Gasteiger partial charge is 0.338 e. The fraction of sp³-hybridized carbons (Fsp3) is 0.100. The molecular weight excluding hydrogens is 351 g/mol. The second-order valence-corrected chi connectivity index (χ2v) is 6.22. The predicted molar refractivity (Wildman–Crippen MR) is 96.8 cm³/mol. The molecular formula is C20H15FN2O4. The van der Waals surface area contributed by atoms with Crippen molar-refractivity contribution in [2.75, 3.05) is 0 Å². The molecule has 0 unspecified atom stereocenters. The minimum Gasteiger partial charge on any atom is -0.505 e. The van der Waals surface area contributed by atoms with Gasteiger partial charge in [0, 0.05) is 17.1 Å². The number of carbonyl (C=O) groups is 1. The zero-order valence-corrected chi connectivity index (χ0v) is 14.5. The second kappa shape index (κ2) is 5.98. The number of fused-ring (bicyclic) bond motifs is 1. The zero-order chi connectivity index (χ0) is 19.3. The molecule has 2 aromatic carbocycles. The molecule has 0 aliphatic heterocycles. The molecule has 0 saturated heterocycles. The van der Waals surface area contributed by atoms with E-state index in [-0.39, 0.29) is 5.56 Å². The van der Waals surface area contributed by atoms with Crippen molar-refractivity contribution in [2.24, 2.45) is 0 Å². The van der Waals surface area contributed by atoms with Crippen LogP contribution in [0.15, 0.2) is 47.0 Å². The van der Waals surface area contributed by atoms with Gasteiger partial charge in [-0.3, -0.25) is 0 Å². The van der Waals surface area contributed by atoms with Gasteiger partial charge < -0.3 is 19.3 Å². The van der Waals surface area contributed by atoms with Crippen molar-refractivity contribution in [3.05, 3.63) is 65.3 Å². The first kappa shape index (κ1) is 16.8. The number of hydrogen-bond acceptors (Lipinski definition) is 4. The van der Waals surface area contributed by atoms with Crippen LogP contribution in [-0.4, -0.2) is 25.9 Å². The SMILES string of the molecule is Cc1noc(C)c1-c1c(C(=O)O)c2ccccc2n1-c1ccc(O)c(F)c1. The Balaban J connectivity index is 2.22. The highest BCUT2D eigenvalue weighted by molar-refractivity contribution is 6.11. The maximum atomic E-state index is 14.1. The minimum absolute atomic E-state index is 0.0773. The van der Waals surface area contributed by atoms with Crippen LogP contribution in [0.4, 0.5) is 4.39 Å². The Hall–Kier alpha value is -3.61. The van der Waals surface area contributed by atoms with Crippen molar-refractivity contribution in [3.8, 4) is 22.7 Å². The maximum absolute atomic E-state index is 14.1. The third-order valence-electron chi connectivity index (χ3n) is 4.55. The molecule has 136 valence electrons. The van der Waals surface area contributed by atoms with Gasteiger partial charge in [0.25, 0.3) is 0 Å². The number of hydrogen-bond donors (Lipinski definition) is 2. The second-order valence-electron chi connectivity index (χ2n) is 6.22. The van der Waals surface area contributed by atoms with Gasteiger partial charge >= 0.3 is 5.97 Å². The van der Waals surface area contributed by atoms with E-state index in [0.717, 1.165) is 6.07 Å². The average Bonchev–Trinajstić information content (AvgIpc) is 3.14. The van der Waals surface area contributed by atoms with Gasteiger partial charge in [-0.05, 0) is 32.0 Å². The van der Waals surface area contributed by atoms with Crippen molar-refractivity contribution >= 4 is 16.9 Å². The summed E-state index contributed by atoms with van der Waals surface area (Å²) >= 11 is 0. The van der Waals surface area contributed by atoms with Gasteiger partial charge in [-0.15, -0.1) is 0 Å². The Morgan fingerprint density at radius 1 is 1.19 bits per heavy atom. The summed E-state index contributed by atoms with van der Waals surface area (Å²) in [7, 11) is 0. The highest BCUT2D eigenvalue weighted by Gasteiger charge is 2.28. The van der Waals surface area contributed by atoms with Crippen LogP contribution in [-0.2, 0) is 0 Å². The van der Waals surface area contributed by atoms with Gasteiger partial charge in [0.05, 0.1) is 28.0 Å². The number of carboxylic acid groups (broad SMARTS) is 1. The lowest BCUT2D eigenvalue weighted by molar-refractivity contribution is 0.0700. The van der Waals surface area contributed by atoms with Crippen LogP contribution in [0.25, 0.3) is 27.8 Å². The maximum Gasteiger partial charge on any atom is 0.338 e. The molecule has 4 rings (SSSR count). The first-order valence-corrected chi connectivity index (χ1v) is 8.19. The molecule has 0 bridgehead atoms. The first-order valence-electron chi connectivity index (χ1n) is 8.19. The molecule has 0 aliphatic rings. The fourth-order valence-corrected chi connectivity index (χ4v) is 3.42. The molecule has 2 aromatic heterocycles. The average molecular weight is 366 g/mol. The summed E-state index contributed by atoms with van der Waals surface area (Å²) in [5.74, 6) is -1.93. The summed E-state index contributed by atoms with van der Waals surface area (Å²) in [5.41, 5.74) is 2.47. The van der Waals surface area contributed by atoms with E-state index in [1.807, 2.05) is 0 Å². The van der Waals surface area contributed by atoms with Crippen molar-refractivity contribution in [3.63, 3.8) is 0 Å². The molecule has 2 heterocycles. The van der Waals surface area contributed by atoms with Crippen LogP contribution >= 0.6 is 0 Å². The van der Waals surface area contributed by atoms with Crippen LogP contribution in [0, 0.1) is 19.7 Å². The number of carboxylic acids is 1. The molecule has 0 fully saturated rings. The molecule has 0 radical (unpaired) electrons. The van der Waals surface area contributed by atoms with Crippen LogP contribution in [0.5, 0.6) is 5.75 Å². The van der Waals surface area contributed by atoms with Gasteiger partial charge in [0.1, 0.15) is 5.76 Å². The van der Waals surface area contributed by atoms with Crippen molar-refractivity contribution in [1.82, 2.24) is 9.72 Å². The molecule has 27 heavy (non-hydrogen) atoms. The number of aromatic carboxylic acids is 1. The van der Waals surface area contributed by atoms with Gasteiger partial charge in [-0.2, -0.15) is 0 Å². The van der Waals surface area contributed by atoms with Crippen LogP contribution < -0.4 is 0 Å². The van der Waals surface area contributed by atoms with Gasteiger partial charge in [-0.25, -0.2) is 9.18 Å². The van der Waals surface area contributed by atoms with Crippen molar-refractivity contribution in [1.29, 1.82) is 0 Å². The number of para-hydroxylation sites is 1. The van der Waals surface area contributed by atoms with Crippen LogP contribution in [0.3, 0.4) is 0 Å². The van der Waals surface area contributed by atoms with Gasteiger partial charge in [0.15, 0.2) is 11.6 Å².